The van der Waals surface area contributed by atoms with Crippen LogP contribution in [0.15, 0.2) is 212 Å². The number of nitrogens with zero attached hydrogens (tertiary/aromatic N) is 7. The molecule has 5 heterocycles. The molecule has 342 valence electrons. The van der Waals surface area contributed by atoms with Crippen LogP contribution in [-0.4, -0.2) is 24.1 Å². The first-order chi connectivity index (χ1) is 36.6. The zero-order valence-electron chi connectivity index (χ0n) is 39.2. The zero-order chi connectivity index (χ0) is 49.0. The van der Waals surface area contributed by atoms with Crippen molar-refractivity contribution < 1.29 is 0 Å². The fourth-order valence-corrected chi connectivity index (χ4v) is 13.7. The maximum Gasteiger partial charge on any atom is 0.194 e. The van der Waals surface area contributed by atoms with Crippen LogP contribution in [0.5, 0.6) is 0 Å². The summed E-state index contributed by atoms with van der Waals surface area (Å²) in [6.07, 6.45) is 0. The van der Waals surface area contributed by atoms with Crippen molar-refractivity contribution in [2.75, 3.05) is 0 Å². The van der Waals surface area contributed by atoms with Crippen molar-refractivity contribution in [2.24, 2.45) is 0 Å². The first-order valence-corrected chi connectivity index (χ1v) is 25.9. The lowest BCUT2D eigenvalue weighted by Gasteiger charge is -2.17. The number of rotatable bonds is 6. The second kappa shape index (κ2) is 16.4. The molecule has 0 N–H and O–H groups in total. The van der Waals surface area contributed by atoms with E-state index >= 15 is 0 Å². The number of thiophene rings is 2. The summed E-state index contributed by atoms with van der Waals surface area (Å²) >= 11 is 3.64. The molecule has 7 nitrogen and oxygen atoms in total. The minimum Gasteiger partial charge on any atom is -0.309 e. The lowest BCUT2D eigenvalue weighted by atomic mass is 9.98. The standard InChI is InChI=1S/C65H35N7S2/c1-67-50-22-10-5-17-42(50)49-36-40(28-32-54(49)72-53-24-12-7-21-48(53)60-56(72)34-30-46-44-19-9-14-26-58(44)74-62(46)60)65-69-63(38-15-3-2-4-16-38)68-64(70-65)39-27-31-51(41(35-39)37-66)71-52-23-11-6-20-47(52)59-55(71)33-29-45-43-18-8-13-25-57(43)73-61(45)59/h2-36H. The van der Waals surface area contributed by atoms with Gasteiger partial charge in [-0.3, -0.25) is 0 Å². The quantitative estimate of drug-likeness (QED) is 0.156. The smallest absolute Gasteiger partial charge is 0.194 e. The van der Waals surface area contributed by atoms with E-state index in [2.05, 4.69) is 160 Å². The van der Waals surface area contributed by atoms with Crippen LogP contribution in [-0.2, 0) is 0 Å². The molecule has 0 fully saturated rings. The summed E-state index contributed by atoms with van der Waals surface area (Å²) in [6.45, 7) is 8.34. The van der Waals surface area contributed by atoms with Gasteiger partial charge in [0.25, 0.3) is 0 Å². The van der Waals surface area contributed by atoms with E-state index < -0.39 is 0 Å². The van der Waals surface area contributed by atoms with Crippen LogP contribution in [0.2, 0.25) is 0 Å². The van der Waals surface area contributed by atoms with Gasteiger partial charge in [0.1, 0.15) is 6.07 Å². The summed E-state index contributed by atoms with van der Waals surface area (Å²) in [5, 5.41) is 20.7. The van der Waals surface area contributed by atoms with Crippen molar-refractivity contribution in [3.05, 3.63) is 229 Å². The van der Waals surface area contributed by atoms with E-state index in [9.17, 15) is 5.26 Å². The number of fused-ring (bicyclic) bond motifs is 14. The summed E-state index contributed by atoms with van der Waals surface area (Å²) in [5.41, 5.74) is 10.9. The van der Waals surface area contributed by atoms with Crippen LogP contribution in [0.25, 0.3) is 145 Å². The van der Waals surface area contributed by atoms with Gasteiger partial charge in [-0.05, 0) is 83.9 Å². The number of aromatic nitrogens is 5. The number of hydrogen-bond donors (Lipinski definition) is 0. The van der Waals surface area contributed by atoms with Crippen LogP contribution in [0, 0.1) is 17.9 Å². The average molecular weight is 978 g/mol. The molecule has 74 heavy (non-hydrogen) atoms. The van der Waals surface area contributed by atoms with Gasteiger partial charge in [0.2, 0.25) is 0 Å². The van der Waals surface area contributed by atoms with E-state index in [4.69, 9.17) is 21.5 Å². The van der Waals surface area contributed by atoms with Gasteiger partial charge in [-0.2, -0.15) is 5.26 Å². The Labute approximate surface area is 431 Å². The Hall–Kier alpha value is -9.77. The Morgan fingerprint density at radius 1 is 0.405 bits per heavy atom. The van der Waals surface area contributed by atoms with Gasteiger partial charge in [0.05, 0.1) is 45.6 Å². The molecule has 0 aliphatic carbocycles. The Kier molecular flexibility index (Phi) is 9.29. The Balaban J connectivity index is 0.927. The molecule has 15 rings (SSSR count). The van der Waals surface area contributed by atoms with E-state index in [0.717, 1.165) is 66.5 Å². The van der Waals surface area contributed by atoms with Crippen LogP contribution in [0.1, 0.15) is 5.56 Å². The molecule has 0 unspecified atom stereocenters. The maximum atomic E-state index is 11.0. The molecule has 10 aromatic carbocycles. The van der Waals surface area contributed by atoms with Crippen molar-refractivity contribution in [3.8, 4) is 62.7 Å². The molecule has 15 aromatic rings. The molecule has 0 bridgehead atoms. The number of benzene rings is 10. The van der Waals surface area contributed by atoms with E-state index in [-0.39, 0.29) is 0 Å². The van der Waals surface area contributed by atoms with Crippen LogP contribution >= 0.6 is 22.7 Å². The lowest BCUT2D eigenvalue weighted by Crippen LogP contribution is -2.03. The van der Waals surface area contributed by atoms with Gasteiger partial charge in [-0.15, -0.1) is 22.7 Å². The third-order valence-electron chi connectivity index (χ3n) is 14.5. The molecule has 0 saturated heterocycles. The van der Waals surface area contributed by atoms with E-state index in [1.165, 1.54) is 51.1 Å². The van der Waals surface area contributed by atoms with Crippen molar-refractivity contribution >= 4 is 112 Å². The van der Waals surface area contributed by atoms with Gasteiger partial charge < -0.3 is 9.13 Å². The summed E-state index contributed by atoms with van der Waals surface area (Å²) in [6, 6.07) is 75.7. The van der Waals surface area contributed by atoms with Gasteiger partial charge >= 0.3 is 0 Å². The van der Waals surface area contributed by atoms with E-state index in [1.807, 2.05) is 95.5 Å². The van der Waals surface area contributed by atoms with Gasteiger partial charge in [-0.25, -0.2) is 19.8 Å². The van der Waals surface area contributed by atoms with Crippen molar-refractivity contribution in [3.63, 3.8) is 0 Å². The highest BCUT2D eigenvalue weighted by atomic mass is 32.1. The molecule has 0 spiro atoms. The molecule has 9 heteroatoms. The highest BCUT2D eigenvalue weighted by molar-refractivity contribution is 7.27. The average Bonchev–Trinajstić information content (AvgIpc) is 4.23. The Morgan fingerprint density at radius 3 is 1.49 bits per heavy atom. The third kappa shape index (κ3) is 6.25. The topological polar surface area (TPSA) is 76.7 Å². The molecule has 0 atom stereocenters. The monoisotopic (exact) mass is 977 g/mol. The van der Waals surface area contributed by atoms with Crippen molar-refractivity contribution in [1.82, 2.24) is 24.1 Å². The molecule has 0 aliphatic rings. The maximum absolute atomic E-state index is 11.0. The second-order valence-electron chi connectivity index (χ2n) is 18.5. The highest BCUT2D eigenvalue weighted by Crippen LogP contribution is 2.47. The molecule has 5 aromatic heterocycles. The lowest BCUT2D eigenvalue weighted by molar-refractivity contribution is 1.07. The fraction of sp³-hybridized carbons (Fsp3) is 0. The van der Waals surface area contributed by atoms with Crippen LogP contribution in [0.3, 0.4) is 0 Å². The molecular weight excluding hydrogens is 943 g/mol. The summed E-state index contributed by atoms with van der Waals surface area (Å²) < 4.78 is 9.55. The minimum absolute atomic E-state index is 0.438. The first kappa shape index (κ1) is 42.0. The van der Waals surface area contributed by atoms with Gasteiger partial charge in [0.15, 0.2) is 23.2 Å². The summed E-state index contributed by atoms with van der Waals surface area (Å²) in [5.74, 6) is 1.41. The minimum atomic E-state index is 0.438. The number of nitriles is 1. The third-order valence-corrected chi connectivity index (χ3v) is 16.9. The second-order valence-corrected chi connectivity index (χ2v) is 20.6. The Bertz CT molecular complexity index is 4950. The number of para-hydroxylation sites is 3. The molecule has 0 saturated carbocycles. The van der Waals surface area contributed by atoms with Gasteiger partial charge in [-0.1, -0.05) is 140 Å². The van der Waals surface area contributed by atoms with Crippen molar-refractivity contribution in [1.29, 1.82) is 5.26 Å². The largest absolute Gasteiger partial charge is 0.309 e. The predicted molar refractivity (Wildman–Crippen MR) is 307 cm³/mol. The highest BCUT2D eigenvalue weighted by Gasteiger charge is 2.24. The van der Waals surface area contributed by atoms with Crippen LogP contribution < -0.4 is 0 Å². The first-order valence-electron chi connectivity index (χ1n) is 24.3. The Morgan fingerprint density at radius 2 is 0.892 bits per heavy atom. The normalized spacial score (nSPS) is 11.8. The van der Waals surface area contributed by atoms with Crippen LogP contribution in [0.4, 0.5) is 5.69 Å². The van der Waals surface area contributed by atoms with E-state index in [1.54, 1.807) is 0 Å². The SMILES string of the molecule is [C-]#[N+]c1ccccc1-c1cc(-c2nc(-c3ccccc3)nc(-c3ccc(-n4c5ccccc5c5c6sc7ccccc7c6ccc54)c(C#N)c3)n2)ccc1-n1c2ccccc2c2c3sc4ccccc4c3ccc21. The molecule has 0 amide bonds. The predicted octanol–water partition coefficient (Wildman–Crippen LogP) is 17.9. The van der Waals surface area contributed by atoms with Gasteiger partial charge in [0, 0.05) is 78.6 Å². The molecule has 0 radical (unpaired) electrons. The fourth-order valence-electron chi connectivity index (χ4n) is 11.2. The van der Waals surface area contributed by atoms with Crippen molar-refractivity contribution in [2.45, 2.75) is 0 Å². The molecular formula is C65H35N7S2. The number of hydrogen-bond acceptors (Lipinski definition) is 6. The molecule has 0 aliphatic heterocycles. The van der Waals surface area contributed by atoms with E-state index in [0.29, 0.717) is 34.3 Å². The summed E-state index contributed by atoms with van der Waals surface area (Å²) in [4.78, 5) is 19.6. The summed E-state index contributed by atoms with van der Waals surface area (Å²) in [7, 11) is 0. The zero-order valence-corrected chi connectivity index (χ0v) is 40.8.